The van der Waals surface area contributed by atoms with Crippen LogP contribution in [0.15, 0.2) is 30.3 Å². The van der Waals surface area contributed by atoms with Crippen molar-refractivity contribution in [2.75, 3.05) is 5.43 Å². The molecule has 0 atom stereocenters. The normalized spacial score (nSPS) is 15.5. The topological polar surface area (TPSA) is 63.8 Å². The first-order chi connectivity index (χ1) is 9.76. The van der Waals surface area contributed by atoms with Crippen LogP contribution < -0.4 is 11.3 Å². The highest BCUT2D eigenvalue weighted by Crippen LogP contribution is 2.34. The summed E-state index contributed by atoms with van der Waals surface area (Å²) in [5, 5.41) is 0. The number of nitrogen functional groups attached to an aromatic ring is 1. The van der Waals surface area contributed by atoms with Crippen LogP contribution >= 0.6 is 0 Å². The zero-order valence-corrected chi connectivity index (χ0v) is 11.1. The SMILES string of the molecule is NNc1cc(C2CCCC2)nc(-c2ccc(F)cc2)n1. The van der Waals surface area contributed by atoms with Crippen LogP contribution in [-0.4, -0.2) is 9.97 Å². The quantitative estimate of drug-likeness (QED) is 0.665. The molecule has 0 radical (unpaired) electrons. The Labute approximate surface area is 117 Å². The summed E-state index contributed by atoms with van der Waals surface area (Å²) < 4.78 is 13.0. The second kappa shape index (κ2) is 5.54. The molecule has 1 heterocycles. The number of nitrogens with one attached hydrogen (secondary N) is 1. The van der Waals surface area contributed by atoms with E-state index in [4.69, 9.17) is 5.84 Å². The van der Waals surface area contributed by atoms with E-state index in [-0.39, 0.29) is 5.82 Å². The Kier molecular flexibility index (Phi) is 3.60. The molecule has 4 nitrogen and oxygen atoms in total. The van der Waals surface area contributed by atoms with E-state index in [0.717, 1.165) is 24.1 Å². The number of halogens is 1. The Morgan fingerprint density at radius 1 is 1.10 bits per heavy atom. The lowest BCUT2D eigenvalue weighted by Gasteiger charge is -2.12. The lowest BCUT2D eigenvalue weighted by atomic mass is 10.0. The van der Waals surface area contributed by atoms with Gasteiger partial charge in [-0.15, -0.1) is 0 Å². The largest absolute Gasteiger partial charge is 0.308 e. The van der Waals surface area contributed by atoms with Crippen molar-refractivity contribution in [2.45, 2.75) is 31.6 Å². The summed E-state index contributed by atoms with van der Waals surface area (Å²) >= 11 is 0. The number of aromatic nitrogens is 2. The van der Waals surface area contributed by atoms with Gasteiger partial charge in [0.05, 0.1) is 0 Å². The van der Waals surface area contributed by atoms with E-state index in [1.165, 1.54) is 25.0 Å². The highest BCUT2D eigenvalue weighted by molar-refractivity contribution is 5.57. The summed E-state index contributed by atoms with van der Waals surface area (Å²) in [6, 6.07) is 8.10. The summed E-state index contributed by atoms with van der Waals surface area (Å²) in [6.45, 7) is 0. The molecular formula is C15H17FN4. The molecule has 1 aliphatic rings. The second-order valence-corrected chi connectivity index (χ2v) is 5.13. The third-order valence-corrected chi connectivity index (χ3v) is 3.77. The van der Waals surface area contributed by atoms with Gasteiger partial charge in [-0.1, -0.05) is 12.8 Å². The molecule has 3 N–H and O–H groups in total. The molecule has 0 unspecified atom stereocenters. The van der Waals surface area contributed by atoms with Gasteiger partial charge in [-0.3, -0.25) is 0 Å². The van der Waals surface area contributed by atoms with Crippen LogP contribution in [0.1, 0.15) is 37.3 Å². The zero-order chi connectivity index (χ0) is 13.9. The van der Waals surface area contributed by atoms with Gasteiger partial charge in [0.2, 0.25) is 0 Å². The number of anilines is 1. The van der Waals surface area contributed by atoms with E-state index >= 15 is 0 Å². The van der Waals surface area contributed by atoms with Gasteiger partial charge in [0, 0.05) is 23.2 Å². The predicted molar refractivity (Wildman–Crippen MR) is 76.4 cm³/mol. The van der Waals surface area contributed by atoms with Gasteiger partial charge in [-0.25, -0.2) is 20.2 Å². The number of hydrogen-bond acceptors (Lipinski definition) is 4. The third kappa shape index (κ3) is 2.63. The van der Waals surface area contributed by atoms with E-state index < -0.39 is 0 Å². The van der Waals surface area contributed by atoms with Crippen molar-refractivity contribution in [3.05, 3.63) is 41.8 Å². The van der Waals surface area contributed by atoms with E-state index in [1.807, 2.05) is 6.07 Å². The van der Waals surface area contributed by atoms with E-state index in [0.29, 0.717) is 17.6 Å². The Balaban J connectivity index is 2.01. The molecule has 0 bridgehead atoms. The third-order valence-electron chi connectivity index (χ3n) is 3.77. The van der Waals surface area contributed by atoms with Crippen LogP contribution in [-0.2, 0) is 0 Å². The van der Waals surface area contributed by atoms with Crippen molar-refractivity contribution in [1.29, 1.82) is 0 Å². The second-order valence-electron chi connectivity index (χ2n) is 5.13. The maximum Gasteiger partial charge on any atom is 0.161 e. The average Bonchev–Trinajstić information content (AvgIpc) is 3.02. The lowest BCUT2D eigenvalue weighted by molar-refractivity contribution is 0.628. The van der Waals surface area contributed by atoms with Crippen LogP contribution in [0.25, 0.3) is 11.4 Å². The highest BCUT2D eigenvalue weighted by Gasteiger charge is 2.20. The minimum absolute atomic E-state index is 0.266. The first-order valence-corrected chi connectivity index (χ1v) is 6.88. The summed E-state index contributed by atoms with van der Waals surface area (Å²) in [7, 11) is 0. The first-order valence-electron chi connectivity index (χ1n) is 6.88. The van der Waals surface area contributed by atoms with Gasteiger partial charge in [0.15, 0.2) is 5.82 Å². The zero-order valence-electron chi connectivity index (χ0n) is 11.1. The molecule has 1 aliphatic carbocycles. The fraction of sp³-hybridized carbons (Fsp3) is 0.333. The number of nitrogens with two attached hydrogens (primary N) is 1. The monoisotopic (exact) mass is 272 g/mol. The average molecular weight is 272 g/mol. The molecule has 5 heteroatoms. The van der Waals surface area contributed by atoms with Gasteiger partial charge < -0.3 is 5.43 Å². The molecule has 1 saturated carbocycles. The standard InChI is InChI=1S/C15H17FN4/c16-12-7-5-11(6-8-12)15-18-13(9-14(19-15)20-17)10-3-1-2-4-10/h5-10H,1-4,17H2,(H,18,19,20). The number of nitrogens with zero attached hydrogens (tertiary/aromatic N) is 2. The highest BCUT2D eigenvalue weighted by atomic mass is 19.1. The van der Waals surface area contributed by atoms with Crippen LogP contribution in [0.2, 0.25) is 0 Å². The minimum atomic E-state index is -0.266. The van der Waals surface area contributed by atoms with Crippen LogP contribution in [0.5, 0.6) is 0 Å². The van der Waals surface area contributed by atoms with Gasteiger partial charge in [0.25, 0.3) is 0 Å². The fourth-order valence-electron chi connectivity index (χ4n) is 2.70. The van der Waals surface area contributed by atoms with E-state index in [9.17, 15) is 4.39 Å². The molecule has 2 aromatic rings. The molecule has 104 valence electrons. The van der Waals surface area contributed by atoms with Crippen molar-refractivity contribution in [3.8, 4) is 11.4 Å². The van der Waals surface area contributed by atoms with Crippen LogP contribution in [0.3, 0.4) is 0 Å². The van der Waals surface area contributed by atoms with E-state index in [2.05, 4.69) is 15.4 Å². The molecule has 1 aromatic carbocycles. The van der Waals surface area contributed by atoms with E-state index in [1.54, 1.807) is 12.1 Å². The Morgan fingerprint density at radius 2 is 1.80 bits per heavy atom. The predicted octanol–water partition coefficient (Wildman–Crippen LogP) is 3.23. The first kappa shape index (κ1) is 13.0. The number of rotatable bonds is 3. The summed E-state index contributed by atoms with van der Waals surface area (Å²) in [6.07, 6.45) is 4.80. The van der Waals surface area contributed by atoms with Gasteiger partial charge >= 0.3 is 0 Å². The van der Waals surface area contributed by atoms with Crippen LogP contribution in [0.4, 0.5) is 10.2 Å². The molecular weight excluding hydrogens is 255 g/mol. The smallest absolute Gasteiger partial charge is 0.161 e. The Bertz CT molecular complexity index is 591. The molecule has 20 heavy (non-hydrogen) atoms. The molecule has 0 saturated heterocycles. The molecule has 1 fully saturated rings. The minimum Gasteiger partial charge on any atom is -0.308 e. The van der Waals surface area contributed by atoms with Crippen molar-refractivity contribution in [1.82, 2.24) is 9.97 Å². The van der Waals surface area contributed by atoms with Gasteiger partial charge in [-0.05, 0) is 37.1 Å². The fourth-order valence-corrected chi connectivity index (χ4v) is 2.70. The summed E-state index contributed by atoms with van der Waals surface area (Å²) in [4.78, 5) is 8.99. The molecule has 0 aliphatic heterocycles. The van der Waals surface area contributed by atoms with Crippen molar-refractivity contribution in [3.63, 3.8) is 0 Å². The number of benzene rings is 1. The van der Waals surface area contributed by atoms with Crippen molar-refractivity contribution < 1.29 is 4.39 Å². The van der Waals surface area contributed by atoms with Gasteiger partial charge in [-0.2, -0.15) is 0 Å². The van der Waals surface area contributed by atoms with Crippen molar-refractivity contribution >= 4 is 5.82 Å². The molecule has 0 amide bonds. The van der Waals surface area contributed by atoms with Crippen molar-refractivity contribution in [2.24, 2.45) is 5.84 Å². The number of hydrogen-bond donors (Lipinski definition) is 2. The maximum absolute atomic E-state index is 13.0. The maximum atomic E-state index is 13.0. The summed E-state index contributed by atoms with van der Waals surface area (Å²) in [5.74, 6) is 6.88. The number of hydrazine groups is 1. The van der Waals surface area contributed by atoms with Crippen LogP contribution in [0, 0.1) is 5.82 Å². The van der Waals surface area contributed by atoms with Gasteiger partial charge in [0.1, 0.15) is 11.6 Å². The molecule has 1 aromatic heterocycles. The summed E-state index contributed by atoms with van der Waals surface area (Å²) in [5.41, 5.74) is 4.40. The lowest BCUT2D eigenvalue weighted by Crippen LogP contribution is -2.11. The Morgan fingerprint density at radius 3 is 2.45 bits per heavy atom. The Hall–Kier alpha value is -2.01. The molecule has 0 spiro atoms. The molecule has 3 rings (SSSR count).